The molecule has 0 saturated heterocycles. The lowest BCUT2D eigenvalue weighted by Gasteiger charge is -2.12. The molecule has 17 heavy (non-hydrogen) atoms. The van der Waals surface area contributed by atoms with Gasteiger partial charge in [0, 0.05) is 21.1 Å². The predicted molar refractivity (Wildman–Crippen MR) is 72.6 cm³/mol. The number of aryl methyl sites for hydroxylation is 1. The normalized spacial score (nSPS) is 11.5. The lowest BCUT2D eigenvalue weighted by molar-refractivity contribution is 0.410. The Morgan fingerprint density at radius 3 is 2.41 bits per heavy atom. The summed E-state index contributed by atoms with van der Waals surface area (Å²) in [5.41, 5.74) is 1.74. The van der Waals surface area contributed by atoms with Crippen LogP contribution in [0, 0.1) is 0 Å². The highest BCUT2D eigenvalue weighted by molar-refractivity contribution is 8.13. The Bertz CT molecular complexity index is 498. The third kappa shape index (κ3) is 4.08. The van der Waals surface area contributed by atoms with Crippen LogP contribution in [0.25, 0.3) is 0 Å². The van der Waals surface area contributed by atoms with Crippen molar-refractivity contribution >= 4 is 31.5 Å². The lowest BCUT2D eigenvalue weighted by Crippen LogP contribution is -2.00. The lowest BCUT2D eigenvalue weighted by atomic mass is 10.1. The minimum atomic E-state index is -3.57. The van der Waals surface area contributed by atoms with Crippen molar-refractivity contribution < 1.29 is 13.2 Å². The fourth-order valence-corrected chi connectivity index (χ4v) is 3.27. The van der Waals surface area contributed by atoms with E-state index in [0.717, 1.165) is 16.9 Å². The van der Waals surface area contributed by atoms with Crippen LogP contribution >= 0.6 is 22.4 Å². The Morgan fingerprint density at radius 2 is 2.00 bits per heavy atom. The minimum Gasteiger partial charge on any atom is -0.496 e. The monoisotopic (exact) mass is 294 g/mol. The summed E-state index contributed by atoms with van der Waals surface area (Å²) in [6.45, 7) is 2.05. The zero-order valence-electron chi connectivity index (χ0n) is 9.99. The highest BCUT2D eigenvalue weighted by atomic mass is 35.7. The molecule has 0 radical (unpaired) electrons. The van der Waals surface area contributed by atoms with Gasteiger partial charge >= 0.3 is 0 Å². The van der Waals surface area contributed by atoms with Gasteiger partial charge in [0.15, 0.2) is 0 Å². The number of hydrogen-bond donors (Lipinski definition) is 0. The van der Waals surface area contributed by atoms with Gasteiger partial charge < -0.3 is 4.74 Å². The number of methoxy groups -OCH3 is 1. The average Bonchev–Trinajstić information content (AvgIpc) is 2.26. The molecular weight excluding hydrogens is 280 g/mol. The first-order chi connectivity index (χ1) is 7.91. The second-order valence-electron chi connectivity index (χ2n) is 3.51. The molecule has 0 aliphatic heterocycles. The summed E-state index contributed by atoms with van der Waals surface area (Å²) in [6, 6.07) is 3.71. The molecule has 96 valence electrons. The van der Waals surface area contributed by atoms with Gasteiger partial charge in [-0.05, 0) is 30.4 Å². The van der Waals surface area contributed by atoms with Crippen LogP contribution in [0.15, 0.2) is 17.0 Å². The second kappa shape index (κ2) is 5.98. The highest BCUT2D eigenvalue weighted by Crippen LogP contribution is 2.31. The van der Waals surface area contributed by atoms with Crippen molar-refractivity contribution in [2.45, 2.75) is 24.0 Å². The Balaban J connectivity index is 3.28. The third-order valence-corrected chi connectivity index (χ3v) is 4.20. The quantitative estimate of drug-likeness (QED) is 0.618. The number of halogens is 1. The SMILES string of the molecule is CCc1cc(OC)c(CS(=O)(=O)Cl)cc1SC. The van der Waals surface area contributed by atoms with Gasteiger partial charge in [0.2, 0.25) is 9.05 Å². The number of hydrogen-bond acceptors (Lipinski definition) is 4. The Hall–Kier alpha value is -0.390. The van der Waals surface area contributed by atoms with Crippen LogP contribution in [0.1, 0.15) is 18.1 Å². The Labute approximate surface area is 111 Å². The zero-order chi connectivity index (χ0) is 13.1. The molecule has 0 spiro atoms. The standard InChI is InChI=1S/C11H15ClO3S2/c1-4-8-5-10(15-2)9(6-11(8)16-3)7-17(12,13)14/h5-6H,4,7H2,1-3H3. The number of thioether (sulfide) groups is 1. The predicted octanol–water partition coefficient (Wildman–Crippen LogP) is 3.05. The maximum absolute atomic E-state index is 11.1. The summed E-state index contributed by atoms with van der Waals surface area (Å²) >= 11 is 1.59. The van der Waals surface area contributed by atoms with Gasteiger partial charge in [-0.2, -0.15) is 0 Å². The fourth-order valence-electron chi connectivity index (χ4n) is 1.60. The Morgan fingerprint density at radius 1 is 1.35 bits per heavy atom. The van der Waals surface area contributed by atoms with Crippen molar-refractivity contribution in [1.29, 1.82) is 0 Å². The van der Waals surface area contributed by atoms with Gasteiger partial charge in [-0.1, -0.05) is 6.92 Å². The summed E-state index contributed by atoms with van der Waals surface area (Å²) in [7, 11) is 3.23. The van der Waals surface area contributed by atoms with Gasteiger partial charge in [0.25, 0.3) is 0 Å². The van der Waals surface area contributed by atoms with Crippen molar-refractivity contribution in [2.75, 3.05) is 13.4 Å². The number of benzene rings is 1. The maximum Gasteiger partial charge on any atom is 0.236 e. The summed E-state index contributed by atoms with van der Waals surface area (Å²) in [4.78, 5) is 1.06. The molecule has 3 nitrogen and oxygen atoms in total. The molecule has 0 aromatic heterocycles. The molecule has 1 rings (SSSR count). The molecule has 0 unspecified atom stereocenters. The molecule has 0 aliphatic rings. The molecule has 1 aromatic rings. The van der Waals surface area contributed by atoms with Crippen LogP contribution in [0.5, 0.6) is 5.75 Å². The molecule has 0 atom stereocenters. The number of rotatable bonds is 5. The van der Waals surface area contributed by atoms with Gasteiger partial charge in [-0.3, -0.25) is 0 Å². The molecule has 0 fully saturated rings. The minimum absolute atomic E-state index is 0.213. The number of ether oxygens (including phenoxy) is 1. The molecule has 0 N–H and O–H groups in total. The summed E-state index contributed by atoms with van der Waals surface area (Å²) in [5, 5.41) is 0. The van der Waals surface area contributed by atoms with Crippen molar-refractivity contribution in [3.8, 4) is 5.75 Å². The van der Waals surface area contributed by atoms with E-state index in [1.54, 1.807) is 11.8 Å². The molecular formula is C11H15ClO3S2. The highest BCUT2D eigenvalue weighted by Gasteiger charge is 2.15. The first-order valence-corrected chi connectivity index (χ1v) is 8.77. The summed E-state index contributed by atoms with van der Waals surface area (Å²) in [5.74, 6) is 0.360. The molecule has 0 amide bonds. The first kappa shape index (κ1) is 14.7. The van der Waals surface area contributed by atoms with E-state index in [2.05, 4.69) is 0 Å². The van der Waals surface area contributed by atoms with E-state index in [9.17, 15) is 8.42 Å². The maximum atomic E-state index is 11.1. The molecule has 0 saturated carbocycles. The van der Waals surface area contributed by atoms with Crippen molar-refractivity contribution in [1.82, 2.24) is 0 Å². The molecule has 6 heteroatoms. The van der Waals surface area contributed by atoms with Crippen molar-refractivity contribution in [3.63, 3.8) is 0 Å². The van der Waals surface area contributed by atoms with E-state index in [-0.39, 0.29) is 5.75 Å². The second-order valence-corrected chi connectivity index (χ2v) is 7.14. The van der Waals surface area contributed by atoms with Gasteiger partial charge in [0.05, 0.1) is 12.9 Å². The fraction of sp³-hybridized carbons (Fsp3) is 0.455. The van der Waals surface area contributed by atoms with Gasteiger partial charge in [0.1, 0.15) is 5.75 Å². The van der Waals surface area contributed by atoms with Crippen LogP contribution in [0.3, 0.4) is 0 Å². The smallest absolute Gasteiger partial charge is 0.236 e. The Kier molecular flexibility index (Phi) is 5.16. The van der Waals surface area contributed by atoms with Crippen LogP contribution < -0.4 is 4.74 Å². The molecule has 0 heterocycles. The zero-order valence-corrected chi connectivity index (χ0v) is 12.4. The van der Waals surface area contributed by atoms with E-state index in [0.29, 0.717) is 11.3 Å². The molecule has 0 bridgehead atoms. The van der Waals surface area contributed by atoms with Gasteiger partial charge in [-0.15, -0.1) is 11.8 Å². The first-order valence-electron chi connectivity index (χ1n) is 5.07. The molecule has 1 aromatic carbocycles. The van der Waals surface area contributed by atoms with E-state index in [1.807, 2.05) is 25.3 Å². The van der Waals surface area contributed by atoms with Crippen molar-refractivity contribution in [2.24, 2.45) is 0 Å². The van der Waals surface area contributed by atoms with Crippen molar-refractivity contribution in [3.05, 3.63) is 23.3 Å². The van der Waals surface area contributed by atoms with E-state index in [4.69, 9.17) is 15.4 Å². The van der Waals surface area contributed by atoms with E-state index < -0.39 is 9.05 Å². The van der Waals surface area contributed by atoms with Crippen LogP contribution in [-0.2, 0) is 21.2 Å². The van der Waals surface area contributed by atoms with E-state index in [1.165, 1.54) is 7.11 Å². The van der Waals surface area contributed by atoms with Crippen LogP contribution in [0.2, 0.25) is 0 Å². The van der Waals surface area contributed by atoms with Gasteiger partial charge in [-0.25, -0.2) is 8.42 Å². The summed E-state index contributed by atoms with van der Waals surface area (Å²) < 4.78 is 27.5. The molecule has 0 aliphatic carbocycles. The van der Waals surface area contributed by atoms with Crippen LogP contribution in [-0.4, -0.2) is 21.8 Å². The average molecular weight is 295 g/mol. The third-order valence-electron chi connectivity index (χ3n) is 2.39. The largest absolute Gasteiger partial charge is 0.496 e. The topological polar surface area (TPSA) is 43.4 Å². The van der Waals surface area contributed by atoms with E-state index >= 15 is 0 Å². The van der Waals surface area contributed by atoms with Crippen LogP contribution in [0.4, 0.5) is 0 Å². The summed E-state index contributed by atoms with van der Waals surface area (Å²) in [6.07, 6.45) is 2.83.